The number of benzene rings is 3. The molecule has 0 spiro atoms. The number of para-hydroxylation sites is 2. The van der Waals surface area contributed by atoms with Gasteiger partial charge in [0, 0.05) is 22.2 Å². The molecule has 0 saturated heterocycles. The lowest BCUT2D eigenvalue weighted by Gasteiger charge is -2.39. The minimum absolute atomic E-state index is 0.0817. The Balaban J connectivity index is 1.64. The largest absolute Gasteiger partial charge is 0.454 e. The number of halogens is 1. The quantitative estimate of drug-likeness (QED) is 0.399. The number of ether oxygens (including phenoxy) is 2. The normalized spacial score (nSPS) is 21.6. The topological polar surface area (TPSA) is 67.9 Å². The van der Waals surface area contributed by atoms with Gasteiger partial charge in [-0.05, 0) is 47.4 Å². The zero-order chi connectivity index (χ0) is 25.0. The van der Waals surface area contributed by atoms with Crippen LogP contribution in [-0.4, -0.2) is 18.5 Å². The van der Waals surface area contributed by atoms with Gasteiger partial charge in [-0.1, -0.05) is 66.2 Å². The minimum atomic E-state index is -0.618. The number of amides is 1. The molecule has 2 heterocycles. The summed E-state index contributed by atoms with van der Waals surface area (Å²) < 4.78 is 12.0. The van der Waals surface area contributed by atoms with Gasteiger partial charge in [0.2, 0.25) is 6.79 Å². The number of carbonyl (C=O) groups is 2. The van der Waals surface area contributed by atoms with Crippen molar-refractivity contribution in [1.29, 1.82) is 0 Å². The molecule has 6 rings (SSSR count). The van der Waals surface area contributed by atoms with Gasteiger partial charge in [-0.25, -0.2) is 0 Å². The van der Waals surface area contributed by atoms with E-state index in [2.05, 4.69) is 41.2 Å². The van der Waals surface area contributed by atoms with Gasteiger partial charge in [0.1, 0.15) is 5.78 Å². The first kappa shape index (κ1) is 22.9. The van der Waals surface area contributed by atoms with Crippen LogP contribution in [0, 0.1) is 11.3 Å². The van der Waals surface area contributed by atoms with Crippen LogP contribution in [0.3, 0.4) is 0 Å². The van der Waals surface area contributed by atoms with Crippen LogP contribution in [0.2, 0.25) is 0 Å². The maximum Gasteiger partial charge on any atom is 0.258 e. The SMILES string of the molecule is CC1(C)C=C2Nc3ccccc3N(C(=O)c3ccccc3)C(c3cc4c(cc3Br)OCO4)C2C(=O)C1. The van der Waals surface area contributed by atoms with Gasteiger partial charge in [-0.3, -0.25) is 14.5 Å². The molecule has 0 aromatic heterocycles. The van der Waals surface area contributed by atoms with Crippen LogP contribution in [-0.2, 0) is 4.79 Å². The number of allylic oxidation sites excluding steroid dienone is 1. The summed E-state index contributed by atoms with van der Waals surface area (Å²) in [6.45, 7) is 4.25. The number of ketones is 1. The lowest BCUT2D eigenvalue weighted by Crippen LogP contribution is -2.43. The van der Waals surface area contributed by atoms with Gasteiger partial charge in [0.15, 0.2) is 11.5 Å². The molecule has 3 aromatic carbocycles. The van der Waals surface area contributed by atoms with Crippen LogP contribution in [0.25, 0.3) is 0 Å². The Bertz CT molecular complexity index is 1420. The molecule has 1 N–H and O–H groups in total. The first-order chi connectivity index (χ1) is 17.3. The van der Waals surface area contributed by atoms with Crippen molar-refractivity contribution >= 4 is 39.0 Å². The van der Waals surface area contributed by atoms with Crippen molar-refractivity contribution in [3.8, 4) is 11.5 Å². The van der Waals surface area contributed by atoms with Crippen molar-refractivity contribution in [3.63, 3.8) is 0 Å². The van der Waals surface area contributed by atoms with Gasteiger partial charge in [-0.15, -0.1) is 0 Å². The fourth-order valence-corrected chi connectivity index (χ4v) is 5.99. The summed E-state index contributed by atoms with van der Waals surface area (Å²) in [6.07, 6.45) is 2.52. The van der Waals surface area contributed by atoms with E-state index in [1.807, 2.05) is 54.6 Å². The Hall–Kier alpha value is -3.58. The van der Waals surface area contributed by atoms with Crippen molar-refractivity contribution < 1.29 is 19.1 Å². The fraction of sp³-hybridized carbons (Fsp3) is 0.241. The van der Waals surface area contributed by atoms with E-state index in [0.29, 0.717) is 29.2 Å². The third-order valence-electron chi connectivity index (χ3n) is 6.94. The van der Waals surface area contributed by atoms with Gasteiger partial charge in [0.05, 0.1) is 23.3 Å². The third kappa shape index (κ3) is 3.78. The van der Waals surface area contributed by atoms with Crippen LogP contribution >= 0.6 is 15.9 Å². The van der Waals surface area contributed by atoms with E-state index in [4.69, 9.17) is 9.47 Å². The van der Waals surface area contributed by atoms with Gasteiger partial charge < -0.3 is 14.8 Å². The minimum Gasteiger partial charge on any atom is -0.454 e. The number of Topliss-reactive ketones (excluding diaryl/α,β-unsaturated/α-hetero) is 1. The Morgan fingerprint density at radius 2 is 1.72 bits per heavy atom. The zero-order valence-electron chi connectivity index (χ0n) is 20.0. The number of nitrogens with zero attached hydrogens (tertiary/aromatic N) is 1. The van der Waals surface area contributed by atoms with E-state index in [0.717, 1.165) is 21.4 Å². The average Bonchev–Trinajstić information content (AvgIpc) is 3.24. The Morgan fingerprint density at radius 3 is 2.50 bits per heavy atom. The molecule has 0 bridgehead atoms. The summed E-state index contributed by atoms with van der Waals surface area (Å²) in [4.78, 5) is 29.9. The molecule has 2 atom stereocenters. The van der Waals surface area contributed by atoms with E-state index in [1.54, 1.807) is 17.0 Å². The molecular weight excluding hydrogens is 520 g/mol. The maximum atomic E-state index is 14.2. The van der Waals surface area contributed by atoms with E-state index < -0.39 is 12.0 Å². The molecule has 1 amide bonds. The van der Waals surface area contributed by atoms with E-state index in [1.165, 1.54) is 0 Å². The summed E-state index contributed by atoms with van der Waals surface area (Å²) in [5, 5.41) is 3.53. The van der Waals surface area contributed by atoms with Crippen LogP contribution in [0.5, 0.6) is 11.5 Å². The number of rotatable bonds is 2. The number of hydrogen-bond donors (Lipinski definition) is 1. The van der Waals surface area contributed by atoms with Crippen molar-refractivity contribution in [2.45, 2.75) is 26.3 Å². The molecule has 182 valence electrons. The van der Waals surface area contributed by atoms with E-state index in [9.17, 15) is 9.59 Å². The number of hydrogen-bond acceptors (Lipinski definition) is 5. The highest BCUT2D eigenvalue weighted by Gasteiger charge is 2.47. The van der Waals surface area contributed by atoms with Gasteiger partial charge >= 0.3 is 0 Å². The second-order valence-corrected chi connectivity index (χ2v) is 10.9. The second kappa shape index (κ2) is 8.52. The molecule has 0 radical (unpaired) electrons. The van der Waals surface area contributed by atoms with Crippen molar-refractivity contribution in [2.75, 3.05) is 17.0 Å². The molecule has 0 fully saturated rings. The predicted octanol–water partition coefficient (Wildman–Crippen LogP) is 6.49. The molecule has 7 heteroatoms. The summed E-state index contributed by atoms with van der Waals surface area (Å²) in [5.41, 5.74) is 3.32. The number of fused-ring (bicyclic) bond motifs is 3. The molecule has 6 nitrogen and oxygen atoms in total. The standard InChI is InChI=1S/C29H25BrN2O4/c1-29(2)14-21-26(23(33)15-29)27(18-12-24-25(13-19(18)30)36-16-35-24)32(22-11-7-6-10-20(22)31-21)28(34)17-8-4-3-5-9-17/h3-14,26-27,31H,15-16H2,1-2H3. The first-order valence-electron chi connectivity index (χ1n) is 11.9. The molecule has 1 aliphatic carbocycles. The summed E-state index contributed by atoms with van der Waals surface area (Å²) in [6, 6.07) is 20.0. The second-order valence-electron chi connectivity index (χ2n) is 10.1. The fourth-order valence-electron chi connectivity index (χ4n) is 5.43. The summed E-state index contributed by atoms with van der Waals surface area (Å²) in [5.74, 6) is 0.539. The van der Waals surface area contributed by atoms with Crippen LogP contribution in [0.15, 0.2) is 83.0 Å². The lowest BCUT2D eigenvalue weighted by atomic mass is 9.72. The zero-order valence-corrected chi connectivity index (χ0v) is 21.5. The average molecular weight is 545 g/mol. The lowest BCUT2D eigenvalue weighted by molar-refractivity contribution is -0.124. The molecule has 36 heavy (non-hydrogen) atoms. The highest BCUT2D eigenvalue weighted by Crippen LogP contribution is 2.51. The van der Waals surface area contributed by atoms with E-state index >= 15 is 0 Å². The highest BCUT2D eigenvalue weighted by atomic mass is 79.9. The monoisotopic (exact) mass is 544 g/mol. The van der Waals surface area contributed by atoms with Crippen LogP contribution in [0.4, 0.5) is 11.4 Å². The van der Waals surface area contributed by atoms with Crippen molar-refractivity contribution in [2.24, 2.45) is 11.3 Å². The predicted molar refractivity (Wildman–Crippen MR) is 141 cm³/mol. The summed E-state index contributed by atoms with van der Waals surface area (Å²) in [7, 11) is 0. The van der Waals surface area contributed by atoms with Crippen molar-refractivity contribution in [3.05, 3.63) is 94.1 Å². The molecular formula is C29H25BrN2O4. The molecule has 0 saturated carbocycles. The van der Waals surface area contributed by atoms with Gasteiger partial charge in [0.25, 0.3) is 5.91 Å². The maximum absolute atomic E-state index is 14.2. The van der Waals surface area contributed by atoms with Crippen molar-refractivity contribution in [1.82, 2.24) is 0 Å². The van der Waals surface area contributed by atoms with Gasteiger partial charge in [-0.2, -0.15) is 0 Å². The molecule has 2 unspecified atom stereocenters. The Labute approximate surface area is 218 Å². The Kier molecular flexibility index (Phi) is 5.41. The summed E-state index contributed by atoms with van der Waals surface area (Å²) >= 11 is 3.72. The van der Waals surface area contributed by atoms with Crippen LogP contribution < -0.4 is 19.7 Å². The van der Waals surface area contributed by atoms with Crippen LogP contribution in [0.1, 0.15) is 42.2 Å². The first-order valence-corrected chi connectivity index (χ1v) is 12.7. The van der Waals surface area contributed by atoms with E-state index in [-0.39, 0.29) is 23.9 Å². The Morgan fingerprint density at radius 1 is 1.03 bits per heavy atom. The number of carbonyl (C=O) groups excluding carboxylic acids is 2. The molecule has 3 aliphatic rings. The molecule has 3 aromatic rings. The number of anilines is 2. The smallest absolute Gasteiger partial charge is 0.258 e. The molecule has 2 aliphatic heterocycles. The number of nitrogens with one attached hydrogen (secondary N) is 1. The third-order valence-corrected chi connectivity index (χ3v) is 7.63. The highest BCUT2D eigenvalue weighted by molar-refractivity contribution is 9.10.